The molecule has 2 heterocycles. The van der Waals surface area contributed by atoms with E-state index < -0.39 is 15.9 Å². The molecule has 3 aromatic carbocycles. The average molecular weight is 551 g/mol. The van der Waals surface area contributed by atoms with E-state index in [0.29, 0.717) is 5.56 Å². The SMILES string of the molecule is CCc1nc2c(C)cc(C)nc2n1C1CCc2cc(-c3ccccc3S(=O)(=O)NC(=O)c3ccccc3)ccc21. The van der Waals surface area contributed by atoms with E-state index >= 15 is 0 Å². The molecule has 0 saturated carbocycles. The summed E-state index contributed by atoms with van der Waals surface area (Å²) in [5.41, 5.74) is 7.98. The van der Waals surface area contributed by atoms with Gasteiger partial charge in [0, 0.05) is 23.2 Å². The zero-order chi connectivity index (χ0) is 28.0. The fourth-order valence-corrected chi connectivity index (χ4v) is 7.00. The fourth-order valence-electron chi connectivity index (χ4n) is 5.79. The van der Waals surface area contributed by atoms with Gasteiger partial charge in [0.2, 0.25) is 0 Å². The van der Waals surface area contributed by atoms with E-state index in [1.807, 2.05) is 19.1 Å². The van der Waals surface area contributed by atoms with E-state index in [9.17, 15) is 13.2 Å². The van der Waals surface area contributed by atoms with Crippen molar-refractivity contribution >= 4 is 27.1 Å². The van der Waals surface area contributed by atoms with Gasteiger partial charge in [-0.2, -0.15) is 0 Å². The number of aryl methyl sites for hydroxylation is 4. The molecule has 0 aliphatic heterocycles. The lowest BCUT2D eigenvalue weighted by Crippen LogP contribution is -2.30. The zero-order valence-corrected chi connectivity index (χ0v) is 23.5. The van der Waals surface area contributed by atoms with Crippen LogP contribution in [-0.4, -0.2) is 28.9 Å². The highest BCUT2D eigenvalue weighted by Crippen LogP contribution is 2.40. The van der Waals surface area contributed by atoms with E-state index in [1.54, 1.807) is 42.5 Å². The first kappa shape index (κ1) is 26.0. The van der Waals surface area contributed by atoms with Crippen molar-refractivity contribution in [3.8, 4) is 11.1 Å². The molecule has 5 aromatic rings. The molecule has 1 N–H and O–H groups in total. The second-order valence-corrected chi connectivity index (χ2v) is 11.9. The molecule has 2 aromatic heterocycles. The highest BCUT2D eigenvalue weighted by atomic mass is 32.2. The van der Waals surface area contributed by atoms with Crippen molar-refractivity contribution in [1.82, 2.24) is 19.3 Å². The van der Waals surface area contributed by atoms with Gasteiger partial charge >= 0.3 is 0 Å². The third-order valence-corrected chi connectivity index (χ3v) is 9.00. The topological polar surface area (TPSA) is 93.9 Å². The number of fused-ring (bicyclic) bond motifs is 2. The van der Waals surface area contributed by atoms with Crippen LogP contribution in [0.5, 0.6) is 0 Å². The van der Waals surface area contributed by atoms with Gasteiger partial charge in [-0.05, 0) is 73.2 Å². The Morgan fingerprint density at radius 2 is 1.73 bits per heavy atom. The van der Waals surface area contributed by atoms with Crippen molar-refractivity contribution in [2.45, 2.75) is 51.0 Å². The van der Waals surface area contributed by atoms with Gasteiger partial charge in [0.25, 0.3) is 15.9 Å². The molecule has 0 radical (unpaired) electrons. The average Bonchev–Trinajstić information content (AvgIpc) is 3.53. The number of carbonyl (C=O) groups is 1. The summed E-state index contributed by atoms with van der Waals surface area (Å²) >= 11 is 0. The minimum atomic E-state index is -4.11. The Balaban J connectivity index is 1.37. The standard InChI is InChI=1S/C32H30N4O3S/c1-4-29-34-30-20(2)18-21(3)33-31(30)36(29)27-17-15-23-19-24(14-16-25(23)27)26-12-8-9-13-28(26)40(38,39)35-32(37)22-10-6-5-7-11-22/h5-14,16,18-19,27H,4,15,17H2,1-3H3,(H,35,37). The first-order chi connectivity index (χ1) is 19.3. The molecule has 6 rings (SSSR count). The number of nitrogens with zero attached hydrogens (tertiary/aromatic N) is 3. The van der Waals surface area contributed by atoms with Crippen molar-refractivity contribution in [2.24, 2.45) is 0 Å². The Morgan fingerprint density at radius 3 is 2.50 bits per heavy atom. The van der Waals surface area contributed by atoms with E-state index in [2.05, 4.69) is 41.3 Å². The molecular weight excluding hydrogens is 520 g/mol. The van der Waals surface area contributed by atoms with Crippen LogP contribution in [0.2, 0.25) is 0 Å². The Labute approximate surface area is 234 Å². The molecule has 1 aliphatic carbocycles. The van der Waals surface area contributed by atoms with Gasteiger partial charge in [-0.1, -0.05) is 61.5 Å². The third-order valence-electron chi connectivity index (χ3n) is 7.61. The molecule has 7 nitrogen and oxygen atoms in total. The number of nitrogens with one attached hydrogen (secondary N) is 1. The summed E-state index contributed by atoms with van der Waals surface area (Å²) in [5, 5.41) is 0. The van der Waals surface area contributed by atoms with Crippen LogP contribution in [0.3, 0.4) is 0 Å². The minimum absolute atomic E-state index is 0.0674. The summed E-state index contributed by atoms with van der Waals surface area (Å²) in [6.45, 7) is 6.21. The second kappa shape index (κ2) is 10.0. The quantitative estimate of drug-likeness (QED) is 0.283. The number of hydrogen-bond donors (Lipinski definition) is 1. The zero-order valence-electron chi connectivity index (χ0n) is 22.7. The van der Waals surface area contributed by atoms with Crippen LogP contribution in [0, 0.1) is 13.8 Å². The van der Waals surface area contributed by atoms with Crippen molar-refractivity contribution in [1.29, 1.82) is 0 Å². The predicted molar refractivity (Wildman–Crippen MR) is 156 cm³/mol. The molecular formula is C32H30N4O3S. The number of benzene rings is 3. The van der Waals surface area contributed by atoms with Gasteiger partial charge in [-0.25, -0.2) is 23.1 Å². The maximum Gasteiger partial charge on any atom is 0.264 e. The van der Waals surface area contributed by atoms with Crippen LogP contribution in [0.15, 0.2) is 83.8 Å². The molecule has 40 heavy (non-hydrogen) atoms. The lowest BCUT2D eigenvalue weighted by Gasteiger charge is -2.18. The molecule has 0 saturated heterocycles. The van der Waals surface area contributed by atoms with Crippen LogP contribution >= 0.6 is 0 Å². The highest BCUT2D eigenvalue weighted by Gasteiger charge is 2.29. The number of amides is 1. The minimum Gasteiger partial charge on any atom is -0.305 e. The number of hydrogen-bond acceptors (Lipinski definition) is 5. The number of pyridine rings is 1. The van der Waals surface area contributed by atoms with Crippen molar-refractivity contribution in [2.75, 3.05) is 0 Å². The Hall–Kier alpha value is -4.30. The van der Waals surface area contributed by atoms with Crippen LogP contribution < -0.4 is 4.72 Å². The second-order valence-electron chi connectivity index (χ2n) is 10.3. The van der Waals surface area contributed by atoms with E-state index in [0.717, 1.165) is 53.1 Å². The molecule has 202 valence electrons. The lowest BCUT2D eigenvalue weighted by atomic mass is 9.99. The summed E-state index contributed by atoms with van der Waals surface area (Å²) in [6, 6.07) is 23.5. The van der Waals surface area contributed by atoms with Crippen LogP contribution in [-0.2, 0) is 22.9 Å². The van der Waals surface area contributed by atoms with Gasteiger partial charge in [0.05, 0.1) is 10.9 Å². The maximum absolute atomic E-state index is 13.4. The number of rotatable bonds is 6. The lowest BCUT2D eigenvalue weighted by molar-refractivity contribution is 0.0981. The summed E-state index contributed by atoms with van der Waals surface area (Å²) < 4.78 is 31.2. The smallest absolute Gasteiger partial charge is 0.264 e. The molecule has 1 amide bonds. The van der Waals surface area contributed by atoms with E-state index in [-0.39, 0.29) is 16.5 Å². The van der Waals surface area contributed by atoms with Crippen molar-refractivity contribution < 1.29 is 13.2 Å². The van der Waals surface area contributed by atoms with Gasteiger partial charge in [-0.3, -0.25) is 4.79 Å². The molecule has 0 spiro atoms. The van der Waals surface area contributed by atoms with Crippen molar-refractivity contribution in [3.63, 3.8) is 0 Å². The third kappa shape index (κ3) is 4.48. The Bertz CT molecular complexity index is 1880. The fraction of sp³-hybridized carbons (Fsp3) is 0.219. The number of sulfonamides is 1. The molecule has 1 unspecified atom stereocenters. The number of imidazole rings is 1. The highest BCUT2D eigenvalue weighted by molar-refractivity contribution is 7.90. The molecule has 0 fully saturated rings. The Kier molecular flexibility index (Phi) is 6.50. The van der Waals surface area contributed by atoms with Gasteiger partial charge < -0.3 is 4.57 Å². The monoisotopic (exact) mass is 550 g/mol. The summed E-state index contributed by atoms with van der Waals surface area (Å²) in [5.74, 6) is 0.356. The molecule has 1 aliphatic rings. The summed E-state index contributed by atoms with van der Waals surface area (Å²) in [7, 11) is -4.11. The van der Waals surface area contributed by atoms with Crippen LogP contribution in [0.1, 0.15) is 58.0 Å². The normalized spacial score (nSPS) is 14.8. The summed E-state index contributed by atoms with van der Waals surface area (Å²) in [6.07, 6.45) is 2.58. The molecule has 8 heteroatoms. The largest absolute Gasteiger partial charge is 0.305 e. The van der Waals surface area contributed by atoms with E-state index in [4.69, 9.17) is 9.97 Å². The van der Waals surface area contributed by atoms with E-state index in [1.165, 1.54) is 17.2 Å². The first-order valence-electron chi connectivity index (χ1n) is 13.5. The maximum atomic E-state index is 13.4. The first-order valence-corrected chi connectivity index (χ1v) is 14.9. The van der Waals surface area contributed by atoms with Gasteiger partial charge in [0.1, 0.15) is 11.3 Å². The van der Waals surface area contributed by atoms with Crippen molar-refractivity contribution in [3.05, 3.63) is 113 Å². The van der Waals surface area contributed by atoms with Crippen LogP contribution in [0.25, 0.3) is 22.3 Å². The molecule has 1 atom stereocenters. The predicted octanol–water partition coefficient (Wildman–Crippen LogP) is 5.93. The summed E-state index contributed by atoms with van der Waals surface area (Å²) in [4.78, 5) is 22.5. The van der Waals surface area contributed by atoms with Gasteiger partial charge in [-0.15, -0.1) is 0 Å². The number of aromatic nitrogens is 3. The van der Waals surface area contributed by atoms with Gasteiger partial charge in [0.15, 0.2) is 5.65 Å². The molecule has 0 bridgehead atoms. The van der Waals surface area contributed by atoms with Crippen LogP contribution in [0.4, 0.5) is 0 Å². The Morgan fingerprint density at radius 1 is 0.975 bits per heavy atom. The number of carbonyl (C=O) groups excluding carboxylic acids is 1.